The van der Waals surface area contributed by atoms with Gasteiger partial charge in [0.25, 0.3) is 0 Å². The van der Waals surface area contributed by atoms with Crippen molar-refractivity contribution in [2.45, 2.75) is 20.3 Å². The molecular formula is C21H24N4O4. The van der Waals surface area contributed by atoms with Crippen LogP contribution < -0.4 is 14.2 Å². The summed E-state index contributed by atoms with van der Waals surface area (Å²) >= 11 is 0. The van der Waals surface area contributed by atoms with E-state index in [1.807, 2.05) is 6.92 Å². The van der Waals surface area contributed by atoms with E-state index in [9.17, 15) is 4.79 Å². The topological polar surface area (TPSA) is 110 Å². The van der Waals surface area contributed by atoms with Crippen LogP contribution in [0.1, 0.15) is 30.6 Å². The lowest BCUT2D eigenvalue weighted by molar-refractivity contribution is 0.0888. The Balaban J connectivity index is 2.16. The Bertz CT molecular complexity index is 1050. The number of rotatable bonds is 8. The van der Waals surface area contributed by atoms with Gasteiger partial charge in [-0.2, -0.15) is 0 Å². The van der Waals surface area contributed by atoms with Gasteiger partial charge in [-0.15, -0.1) is 0 Å². The van der Waals surface area contributed by atoms with Gasteiger partial charge >= 0.3 is 0 Å². The predicted molar refractivity (Wildman–Crippen MR) is 110 cm³/mol. The van der Waals surface area contributed by atoms with Crippen LogP contribution in [0.4, 0.5) is 0 Å². The first-order valence-electron chi connectivity index (χ1n) is 9.13. The van der Waals surface area contributed by atoms with Crippen LogP contribution in [0.25, 0.3) is 22.4 Å². The normalized spacial score (nSPS) is 13.0. The quantitative estimate of drug-likeness (QED) is 0.441. The molecule has 0 amide bonds. The number of benzene rings is 1. The molecular weight excluding hydrogens is 372 g/mol. The molecule has 3 aromatic rings. The number of nitrogens with one attached hydrogen (secondary N) is 2. The smallest absolute Gasteiger partial charge is 0.203 e. The Kier molecular flexibility index (Phi) is 5.54. The van der Waals surface area contributed by atoms with E-state index in [2.05, 4.69) is 15.0 Å². The molecule has 2 heterocycles. The fraction of sp³-hybridized carbons (Fsp3) is 0.333. The first kappa shape index (κ1) is 20.3. The van der Waals surface area contributed by atoms with Crippen molar-refractivity contribution in [3.05, 3.63) is 30.1 Å². The van der Waals surface area contributed by atoms with Crippen molar-refractivity contribution in [3.8, 4) is 28.5 Å². The van der Waals surface area contributed by atoms with E-state index in [0.717, 1.165) is 0 Å². The monoisotopic (exact) mass is 396 g/mol. The highest BCUT2D eigenvalue weighted by molar-refractivity contribution is 6.14. The minimum absolute atomic E-state index is 0.169. The van der Waals surface area contributed by atoms with Crippen LogP contribution in [-0.2, 0) is 0 Å². The van der Waals surface area contributed by atoms with Gasteiger partial charge in [-0.3, -0.25) is 4.79 Å². The van der Waals surface area contributed by atoms with E-state index in [1.165, 1.54) is 13.3 Å². The second-order valence-corrected chi connectivity index (χ2v) is 6.81. The van der Waals surface area contributed by atoms with E-state index in [4.69, 9.17) is 19.6 Å². The molecule has 152 valence electrons. The highest BCUT2D eigenvalue weighted by atomic mass is 16.5. The first-order chi connectivity index (χ1) is 13.9. The summed E-state index contributed by atoms with van der Waals surface area (Å²) in [5.41, 5.74) is 1.75. The van der Waals surface area contributed by atoms with Crippen molar-refractivity contribution in [2.75, 3.05) is 21.3 Å². The third-order valence-electron chi connectivity index (χ3n) is 5.16. The summed E-state index contributed by atoms with van der Waals surface area (Å²) in [4.78, 5) is 25.1. The van der Waals surface area contributed by atoms with Gasteiger partial charge in [-0.05, 0) is 25.5 Å². The Morgan fingerprint density at radius 1 is 1.21 bits per heavy atom. The van der Waals surface area contributed by atoms with Gasteiger partial charge in [0.1, 0.15) is 5.52 Å². The number of aromatic nitrogens is 3. The molecule has 1 aromatic carbocycles. The van der Waals surface area contributed by atoms with Gasteiger partial charge in [0.2, 0.25) is 5.75 Å². The summed E-state index contributed by atoms with van der Waals surface area (Å²) in [5, 5.41) is 7.67. The molecule has 0 aliphatic rings. The average molecular weight is 396 g/mol. The molecule has 1 atom stereocenters. The zero-order chi connectivity index (χ0) is 21.2. The molecule has 8 nitrogen and oxygen atoms in total. The highest BCUT2D eigenvalue weighted by Gasteiger charge is 2.32. The molecule has 1 unspecified atom stereocenters. The summed E-state index contributed by atoms with van der Waals surface area (Å²) in [7, 11) is 4.63. The Morgan fingerprint density at radius 3 is 2.38 bits per heavy atom. The number of methoxy groups -OCH3 is 3. The largest absolute Gasteiger partial charge is 0.493 e. The molecule has 0 spiro atoms. The number of carbonyl (C=O) groups is 1. The molecule has 0 fully saturated rings. The molecule has 0 aliphatic carbocycles. The van der Waals surface area contributed by atoms with Gasteiger partial charge in [0.05, 0.1) is 44.2 Å². The van der Waals surface area contributed by atoms with E-state index >= 15 is 0 Å². The zero-order valence-electron chi connectivity index (χ0n) is 17.1. The number of hydrogen-bond acceptors (Lipinski definition) is 7. The number of fused-ring (bicyclic) bond motifs is 1. The van der Waals surface area contributed by atoms with Gasteiger partial charge in [-0.25, -0.2) is 9.97 Å². The second-order valence-electron chi connectivity index (χ2n) is 6.81. The van der Waals surface area contributed by atoms with Crippen molar-refractivity contribution in [3.63, 3.8) is 0 Å². The molecule has 8 heteroatoms. The summed E-state index contributed by atoms with van der Waals surface area (Å²) in [6, 6.07) is 3.55. The highest BCUT2D eigenvalue weighted by Crippen LogP contribution is 2.41. The van der Waals surface area contributed by atoms with E-state index in [1.54, 1.807) is 45.7 Å². The zero-order valence-corrected chi connectivity index (χ0v) is 17.1. The number of ether oxygens (including phenoxy) is 3. The molecule has 2 N–H and O–H groups in total. The summed E-state index contributed by atoms with van der Waals surface area (Å²) in [6.45, 7) is 3.63. The standard InChI is InChI=1S/C21H24N4O4/c1-6-21(2,11-22)19(26)13-9-23-20-17(13)25-14(10-24-20)12-7-15(27-3)18(29-5)16(8-12)28-4/h7-11,22H,6H2,1-5H3,(H,23,24). The Morgan fingerprint density at radius 2 is 1.86 bits per heavy atom. The Labute approximate surface area is 168 Å². The van der Waals surface area contributed by atoms with E-state index in [0.29, 0.717) is 51.7 Å². The number of ketones is 1. The minimum atomic E-state index is -0.890. The van der Waals surface area contributed by atoms with Gasteiger partial charge < -0.3 is 24.6 Å². The second kappa shape index (κ2) is 7.90. The third kappa shape index (κ3) is 3.41. The lowest BCUT2D eigenvalue weighted by Crippen LogP contribution is -2.28. The fourth-order valence-electron chi connectivity index (χ4n) is 3.07. The van der Waals surface area contributed by atoms with Gasteiger partial charge in [0.15, 0.2) is 22.9 Å². The fourth-order valence-corrected chi connectivity index (χ4v) is 3.07. The number of Topliss-reactive ketones (excluding diaryl/α,β-unsaturated/α-hetero) is 1. The molecule has 0 radical (unpaired) electrons. The number of nitrogens with zero attached hydrogens (tertiary/aromatic N) is 2. The average Bonchev–Trinajstić information content (AvgIpc) is 3.19. The molecule has 0 saturated heterocycles. The van der Waals surface area contributed by atoms with Crippen LogP contribution >= 0.6 is 0 Å². The maximum atomic E-state index is 13.0. The van der Waals surface area contributed by atoms with Crippen molar-refractivity contribution < 1.29 is 19.0 Å². The molecule has 0 aliphatic heterocycles. The summed E-state index contributed by atoms with van der Waals surface area (Å²) in [6.07, 6.45) is 4.92. The van der Waals surface area contributed by atoms with Crippen molar-refractivity contribution in [2.24, 2.45) is 5.41 Å². The van der Waals surface area contributed by atoms with Crippen LogP contribution in [0.15, 0.2) is 24.5 Å². The van der Waals surface area contributed by atoms with Crippen molar-refractivity contribution >= 4 is 23.2 Å². The molecule has 2 aromatic heterocycles. The third-order valence-corrected chi connectivity index (χ3v) is 5.16. The summed E-state index contributed by atoms with van der Waals surface area (Å²) < 4.78 is 16.2. The maximum absolute atomic E-state index is 13.0. The van der Waals surface area contributed by atoms with Crippen LogP contribution in [0.2, 0.25) is 0 Å². The number of H-pyrrole nitrogens is 1. The molecule has 29 heavy (non-hydrogen) atoms. The lowest BCUT2D eigenvalue weighted by atomic mass is 9.81. The molecule has 0 bridgehead atoms. The van der Waals surface area contributed by atoms with Crippen molar-refractivity contribution in [1.82, 2.24) is 15.0 Å². The molecule has 0 saturated carbocycles. The first-order valence-corrected chi connectivity index (χ1v) is 9.13. The summed E-state index contributed by atoms with van der Waals surface area (Å²) in [5.74, 6) is 1.31. The maximum Gasteiger partial charge on any atom is 0.203 e. The minimum Gasteiger partial charge on any atom is -0.493 e. The van der Waals surface area contributed by atoms with Gasteiger partial charge in [0, 0.05) is 18.0 Å². The Hall–Kier alpha value is -3.42. The van der Waals surface area contributed by atoms with E-state index < -0.39 is 5.41 Å². The van der Waals surface area contributed by atoms with Gasteiger partial charge in [-0.1, -0.05) is 6.92 Å². The van der Waals surface area contributed by atoms with Crippen molar-refractivity contribution in [1.29, 1.82) is 5.41 Å². The van der Waals surface area contributed by atoms with Crippen LogP contribution in [0, 0.1) is 10.8 Å². The number of hydrogen-bond donors (Lipinski definition) is 2. The van der Waals surface area contributed by atoms with E-state index in [-0.39, 0.29) is 5.78 Å². The molecule has 3 rings (SSSR count). The lowest BCUT2D eigenvalue weighted by Gasteiger charge is -2.20. The SMILES string of the molecule is CCC(C)(C=N)C(=O)c1c[nH]c2ncc(-c3cc(OC)c(OC)c(OC)c3)nc12. The van der Waals surface area contributed by atoms with Crippen LogP contribution in [0.5, 0.6) is 17.2 Å². The van der Waals surface area contributed by atoms with Crippen LogP contribution in [0.3, 0.4) is 0 Å². The number of aromatic amines is 1. The predicted octanol–water partition coefficient (Wildman–Crippen LogP) is 3.90. The number of carbonyl (C=O) groups excluding carboxylic acids is 1. The van der Waals surface area contributed by atoms with Crippen LogP contribution in [-0.4, -0.2) is 48.3 Å².